The highest BCUT2D eigenvalue weighted by Gasteiger charge is 2.30. The lowest BCUT2D eigenvalue weighted by molar-refractivity contribution is -0.117. The Balaban J connectivity index is 1.43. The van der Waals surface area contributed by atoms with Crippen molar-refractivity contribution in [3.8, 4) is 11.5 Å². The molecule has 162 valence electrons. The van der Waals surface area contributed by atoms with Crippen molar-refractivity contribution in [3.05, 3.63) is 42.2 Å². The molecule has 1 aliphatic carbocycles. The van der Waals surface area contributed by atoms with Gasteiger partial charge in [0.15, 0.2) is 5.58 Å². The minimum absolute atomic E-state index is 0.0184. The van der Waals surface area contributed by atoms with Crippen LogP contribution in [0, 0.1) is 5.92 Å². The molecule has 2 fully saturated rings. The van der Waals surface area contributed by atoms with Gasteiger partial charge < -0.3 is 19.8 Å². The standard InChI is InChI=1S/C24H23N5O3/c1-25-22-16-11-26-21(29-23(30)13-4-5-13)10-15(16)17(12-27-22)24-28-18-9-14(6-7-20(18)32-24)19-3-2-8-31-19/h6-7,9-13,19H,2-5,8H2,1H3,(H,25,27)(H,26,29,30). The maximum atomic E-state index is 12.2. The molecule has 1 atom stereocenters. The molecule has 0 radical (unpaired) electrons. The van der Waals surface area contributed by atoms with E-state index >= 15 is 0 Å². The van der Waals surface area contributed by atoms with Crippen molar-refractivity contribution in [2.45, 2.75) is 31.8 Å². The number of carbonyl (C=O) groups excluding carboxylic acids is 1. The number of fused-ring (bicyclic) bond motifs is 2. The van der Waals surface area contributed by atoms with Crippen LogP contribution in [0.3, 0.4) is 0 Å². The fourth-order valence-corrected chi connectivity index (χ4v) is 4.25. The van der Waals surface area contributed by atoms with Crippen LogP contribution >= 0.6 is 0 Å². The summed E-state index contributed by atoms with van der Waals surface area (Å²) in [5.74, 6) is 1.82. The van der Waals surface area contributed by atoms with Crippen molar-refractivity contribution >= 4 is 39.4 Å². The molecule has 4 heterocycles. The molecule has 1 amide bonds. The van der Waals surface area contributed by atoms with Crippen molar-refractivity contribution in [2.75, 3.05) is 24.3 Å². The van der Waals surface area contributed by atoms with Crippen LogP contribution in [0.5, 0.6) is 0 Å². The van der Waals surface area contributed by atoms with Crippen molar-refractivity contribution in [1.82, 2.24) is 15.0 Å². The van der Waals surface area contributed by atoms with Crippen LogP contribution in [-0.2, 0) is 9.53 Å². The first-order chi connectivity index (χ1) is 15.7. The quantitative estimate of drug-likeness (QED) is 0.475. The summed E-state index contributed by atoms with van der Waals surface area (Å²) < 4.78 is 11.9. The summed E-state index contributed by atoms with van der Waals surface area (Å²) in [6, 6.07) is 7.89. The number of benzene rings is 1. The van der Waals surface area contributed by atoms with Gasteiger partial charge in [0.1, 0.15) is 17.2 Å². The molecule has 6 rings (SSSR count). The minimum Gasteiger partial charge on any atom is -0.436 e. The predicted octanol–water partition coefficient (Wildman–Crippen LogP) is 4.68. The molecule has 8 heteroatoms. The molecule has 0 bridgehead atoms. The molecule has 1 saturated heterocycles. The summed E-state index contributed by atoms with van der Waals surface area (Å²) in [6.07, 6.45) is 7.57. The summed E-state index contributed by atoms with van der Waals surface area (Å²) in [7, 11) is 1.82. The van der Waals surface area contributed by atoms with Crippen molar-refractivity contribution in [3.63, 3.8) is 0 Å². The number of ether oxygens (including phenoxy) is 1. The summed E-state index contributed by atoms with van der Waals surface area (Å²) in [6.45, 7) is 0.801. The van der Waals surface area contributed by atoms with E-state index in [0.717, 1.165) is 59.7 Å². The summed E-state index contributed by atoms with van der Waals surface area (Å²) >= 11 is 0. The first-order valence-electron chi connectivity index (χ1n) is 11.0. The van der Waals surface area contributed by atoms with Crippen LogP contribution in [0.25, 0.3) is 33.3 Å². The zero-order valence-corrected chi connectivity index (χ0v) is 17.7. The van der Waals surface area contributed by atoms with Crippen LogP contribution in [0.4, 0.5) is 11.6 Å². The molecule has 1 aromatic carbocycles. The van der Waals surface area contributed by atoms with Crippen LogP contribution in [0.1, 0.15) is 37.4 Å². The van der Waals surface area contributed by atoms with Gasteiger partial charge in [-0.15, -0.1) is 0 Å². The molecule has 4 aromatic rings. The normalized spacial score (nSPS) is 18.3. The van der Waals surface area contributed by atoms with Crippen molar-refractivity contribution in [2.24, 2.45) is 5.92 Å². The maximum absolute atomic E-state index is 12.2. The third-order valence-corrected chi connectivity index (χ3v) is 6.15. The van der Waals surface area contributed by atoms with E-state index in [0.29, 0.717) is 23.1 Å². The number of pyridine rings is 2. The number of anilines is 2. The lowest BCUT2D eigenvalue weighted by Crippen LogP contribution is -2.14. The largest absolute Gasteiger partial charge is 0.436 e. The van der Waals surface area contributed by atoms with E-state index in [4.69, 9.17) is 14.1 Å². The fraction of sp³-hybridized carbons (Fsp3) is 0.333. The van der Waals surface area contributed by atoms with Crippen LogP contribution in [0.2, 0.25) is 0 Å². The Morgan fingerprint density at radius 2 is 2.00 bits per heavy atom. The number of oxazole rings is 1. The first-order valence-corrected chi connectivity index (χ1v) is 11.0. The topological polar surface area (TPSA) is 102 Å². The Bertz CT molecular complexity index is 1340. The zero-order valence-electron chi connectivity index (χ0n) is 17.7. The van der Waals surface area contributed by atoms with E-state index in [-0.39, 0.29) is 17.9 Å². The van der Waals surface area contributed by atoms with Crippen LogP contribution in [0.15, 0.2) is 41.1 Å². The van der Waals surface area contributed by atoms with E-state index in [1.165, 1.54) is 0 Å². The first kappa shape index (κ1) is 19.2. The van der Waals surface area contributed by atoms with Gasteiger partial charge in [0.2, 0.25) is 11.8 Å². The van der Waals surface area contributed by atoms with Crippen LogP contribution < -0.4 is 10.6 Å². The Hall–Kier alpha value is -3.52. The van der Waals surface area contributed by atoms with Gasteiger partial charge >= 0.3 is 0 Å². The van der Waals surface area contributed by atoms with Gasteiger partial charge in [-0.1, -0.05) is 6.07 Å². The van der Waals surface area contributed by atoms with Gasteiger partial charge in [-0.3, -0.25) is 4.79 Å². The molecular formula is C24H23N5O3. The van der Waals surface area contributed by atoms with Gasteiger partial charge in [-0.25, -0.2) is 15.0 Å². The lowest BCUT2D eigenvalue weighted by Gasteiger charge is -2.10. The van der Waals surface area contributed by atoms with E-state index in [2.05, 4.69) is 20.6 Å². The second kappa shape index (κ2) is 7.56. The summed E-state index contributed by atoms with van der Waals surface area (Å²) in [5.41, 5.74) is 3.37. The molecule has 1 aliphatic heterocycles. The number of rotatable bonds is 5. The molecule has 1 saturated carbocycles. The average molecular weight is 429 g/mol. The van der Waals surface area contributed by atoms with E-state index < -0.39 is 0 Å². The molecular weight excluding hydrogens is 406 g/mol. The molecule has 2 aliphatic rings. The highest BCUT2D eigenvalue weighted by Crippen LogP contribution is 2.36. The molecule has 1 unspecified atom stereocenters. The second-order valence-electron chi connectivity index (χ2n) is 8.40. The number of nitrogens with zero attached hydrogens (tertiary/aromatic N) is 3. The highest BCUT2D eigenvalue weighted by atomic mass is 16.5. The highest BCUT2D eigenvalue weighted by molar-refractivity contribution is 6.03. The third kappa shape index (κ3) is 3.36. The van der Waals surface area contributed by atoms with Crippen LogP contribution in [-0.4, -0.2) is 34.5 Å². The molecule has 8 nitrogen and oxygen atoms in total. The van der Waals surface area contributed by atoms with E-state index in [1.807, 2.05) is 31.3 Å². The SMILES string of the molecule is CNc1ncc(-c2nc3cc(C4CCCO4)ccc3o2)c2cc(NC(=O)C3CC3)ncc12. The number of hydrogen-bond donors (Lipinski definition) is 2. The zero-order chi connectivity index (χ0) is 21.7. The van der Waals surface area contributed by atoms with Crippen molar-refractivity contribution in [1.29, 1.82) is 0 Å². The molecule has 32 heavy (non-hydrogen) atoms. The van der Waals surface area contributed by atoms with Crippen molar-refractivity contribution < 1.29 is 13.9 Å². The number of hydrogen-bond acceptors (Lipinski definition) is 7. The minimum atomic E-state index is 0.0184. The fourth-order valence-electron chi connectivity index (χ4n) is 4.25. The van der Waals surface area contributed by atoms with E-state index in [9.17, 15) is 4.79 Å². The Morgan fingerprint density at radius 3 is 2.78 bits per heavy atom. The monoisotopic (exact) mass is 429 g/mol. The van der Waals surface area contributed by atoms with Gasteiger partial charge in [0.05, 0.1) is 11.7 Å². The average Bonchev–Trinajstić information content (AvgIpc) is 3.36. The molecule has 2 N–H and O–H groups in total. The summed E-state index contributed by atoms with van der Waals surface area (Å²) in [5, 5.41) is 7.71. The van der Waals surface area contributed by atoms with Gasteiger partial charge in [-0.2, -0.15) is 0 Å². The molecule has 0 spiro atoms. The van der Waals surface area contributed by atoms with E-state index in [1.54, 1.807) is 12.4 Å². The second-order valence-corrected chi connectivity index (χ2v) is 8.40. The number of carbonyl (C=O) groups is 1. The van der Waals surface area contributed by atoms with Gasteiger partial charge in [-0.05, 0) is 49.4 Å². The lowest BCUT2D eigenvalue weighted by atomic mass is 10.1. The Labute approximate surface area is 184 Å². The molecule has 3 aromatic heterocycles. The van der Waals surface area contributed by atoms with Gasteiger partial charge in [0.25, 0.3) is 0 Å². The Kier molecular flexibility index (Phi) is 4.53. The number of aromatic nitrogens is 3. The number of amides is 1. The number of nitrogens with one attached hydrogen (secondary N) is 2. The third-order valence-electron chi connectivity index (χ3n) is 6.15. The Morgan fingerprint density at radius 1 is 1.09 bits per heavy atom. The van der Waals surface area contributed by atoms with Gasteiger partial charge in [0, 0.05) is 42.7 Å². The maximum Gasteiger partial charge on any atom is 0.229 e. The smallest absolute Gasteiger partial charge is 0.229 e. The predicted molar refractivity (Wildman–Crippen MR) is 121 cm³/mol. The summed E-state index contributed by atoms with van der Waals surface area (Å²) in [4.78, 5) is 25.9.